The minimum absolute atomic E-state index is 0.109. The van der Waals surface area contributed by atoms with Gasteiger partial charge in [0.05, 0.1) is 17.5 Å². The number of carbonyl (C=O) groups is 1. The molecule has 0 aliphatic rings. The number of pyridine rings is 1. The first-order chi connectivity index (χ1) is 9.11. The Balaban J connectivity index is 2.18. The Bertz CT molecular complexity index is 600. The predicted molar refractivity (Wildman–Crippen MR) is 72.1 cm³/mol. The Morgan fingerprint density at radius 1 is 1.53 bits per heavy atom. The normalized spacial score (nSPS) is 11.1. The van der Waals surface area contributed by atoms with Crippen LogP contribution in [0.4, 0.5) is 0 Å². The van der Waals surface area contributed by atoms with Crippen LogP contribution in [0.1, 0.15) is 5.82 Å². The number of carbonyl (C=O) groups excluding carboxylic acids is 1. The summed E-state index contributed by atoms with van der Waals surface area (Å²) in [4.78, 5) is 19.1. The van der Waals surface area contributed by atoms with Crippen molar-refractivity contribution in [3.05, 3.63) is 23.1 Å². The lowest BCUT2D eigenvalue weighted by Crippen LogP contribution is -2.20. The molecule has 0 saturated heterocycles. The first-order valence-electron chi connectivity index (χ1n) is 5.54. The molecule has 0 aromatic carbocycles. The van der Waals surface area contributed by atoms with Crippen LogP contribution in [0.3, 0.4) is 0 Å². The minimum atomic E-state index is -0.502. The van der Waals surface area contributed by atoms with Crippen molar-refractivity contribution in [1.29, 1.82) is 0 Å². The van der Waals surface area contributed by atoms with E-state index in [1.165, 1.54) is 0 Å². The summed E-state index contributed by atoms with van der Waals surface area (Å²) in [6.45, 7) is 0.700. The van der Waals surface area contributed by atoms with Gasteiger partial charge in [0.25, 0.3) is 0 Å². The molecule has 0 aliphatic carbocycles. The Morgan fingerprint density at radius 3 is 3.00 bits per heavy atom. The quantitative estimate of drug-likeness (QED) is 0.644. The van der Waals surface area contributed by atoms with Gasteiger partial charge in [-0.1, -0.05) is 11.6 Å². The van der Waals surface area contributed by atoms with Crippen LogP contribution in [0.5, 0.6) is 0 Å². The fraction of sp³-hybridized carbons (Fsp3) is 0.364. The largest absolute Gasteiger partial charge is 0.370 e. The van der Waals surface area contributed by atoms with Gasteiger partial charge in [-0.15, -0.1) is 11.6 Å². The van der Waals surface area contributed by atoms with Crippen LogP contribution in [0.25, 0.3) is 11.2 Å². The molecule has 2 aromatic heterocycles. The van der Waals surface area contributed by atoms with Gasteiger partial charge in [-0.2, -0.15) is 0 Å². The van der Waals surface area contributed by atoms with Crippen molar-refractivity contribution in [2.24, 2.45) is 5.73 Å². The molecular formula is C11H12Cl2N4O2. The lowest BCUT2D eigenvalue weighted by molar-refractivity contribution is -0.122. The number of rotatable bonds is 6. The SMILES string of the molecule is NC(=O)COCCn1c(CCl)nc2cc(Cl)cnc21. The van der Waals surface area contributed by atoms with Crippen LogP contribution >= 0.6 is 23.2 Å². The maximum atomic E-state index is 10.6. The van der Waals surface area contributed by atoms with Gasteiger partial charge in [-0.05, 0) is 6.07 Å². The van der Waals surface area contributed by atoms with E-state index >= 15 is 0 Å². The Labute approximate surface area is 119 Å². The molecule has 0 spiro atoms. The molecule has 8 heteroatoms. The molecule has 0 radical (unpaired) electrons. The number of fused-ring (bicyclic) bond motifs is 1. The second-order valence-electron chi connectivity index (χ2n) is 3.83. The van der Waals surface area contributed by atoms with Gasteiger partial charge in [0.15, 0.2) is 5.65 Å². The Hall–Kier alpha value is -1.37. The zero-order valence-electron chi connectivity index (χ0n) is 9.97. The van der Waals surface area contributed by atoms with Gasteiger partial charge < -0.3 is 15.0 Å². The topological polar surface area (TPSA) is 83.0 Å². The molecule has 0 unspecified atom stereocenters. The fourth-order valence-corrected chi connectivity index (χ4v) is 2.06. The smallest absolute Gasteiger partial charge is 0.243 e. The van der Waals surface area contributed by atoms with Gasteiger partial charge in [0.1, 0.15) is 17.9 Å². The average molecular weight is 303 g/mol. The van der Waals surface area contributed by atoms with Gasteiger partial charge in [0.2, 0.25) is 5.91 Å². The summed E-state index contributed by atoms with van der Waals surface area (Å²) in [6.07, 6.45) is 1.55. The maximum absolute atomic E-state index is 10.6. The molecule has 1 amide bonds. The third kappa shape index (κ3) is 3.34. The summed E-state index contributed by atoms with van der Waals surface area (Å²) in [5.74, 6) is 0.427. The molecule has 6 nitrogen and oxygen atoms in total. The Morgan fingerprint density at radius 2 is 2.32 bits per heavy atom. The lowest BCUT2D eigenvalue weighted by atomic mass is 10.4. The van der Waals surface area contributed by atoms with Crippen molar-refractivity contribution in [1.82, 2.24) is 14.5 Å². The van der Waals surface area contributed by atoms with E-state index in [2.05, 4.69) is 9.97 Å². The molecule has 2 aromatic rings. The third-order valence-corrected chi connectivity index (χ3v) is 2.90. The number of primary amides is 1. The lowest BCUT2D eigenvalue weighted by Gasteiger charge is -2.07. The summed E-state index contributed by atoms with van der Waals surface area (Å²) in [6, 6.07) is 1.72. The fourth-order valence-electron chi connectivity index (χ4n) is 1.70. The average Bonchev–Trinajstić information content (AvgIpc) is 2.71. The van der Waals surface area contributed by atoms with E-state index in [1.54, 1.807) is 12.3 Å². The third-order valence-electron chi connectivity index (χ3n) is 2.45. The van der Waals surface area contributed by atoms with E-state index in [-0.39, 0.29) is 12.5 Å². The zero-order chi connectivity index (χ0) is 13.8. The van der Waals surface area contributed by atoms with Crippen molar-refractivity contribution < 1.29 is 9.53 Å². The van der Waals surface area contributed by atoms with Crippen LogP contribution < -0.4 is 5.73 Å². The molecule has 102 valence electrons. The molecule has 0 aliphatic heterocycles. The molecular weight excluding hydrogens is 291 g/mol. The van der Waals surface area contributed by atoms with E-state index in [9.17, 15) is 4.79 Å². The predicted octanol–water partition coefficient (Wildman–Crippen LogP) is 1.33. The van der Waals surface area contributed by atoms with E-state index in [1.807, 2.05) is 4.57 Å². The summed E-state index contributed by atoms with van der Waals surface area (Å²) < 4.78 is 6.95. The molecule has 2 rings (SSSR count). The van der Waals surface area contributed by atoms with E-state index in [0.29, 0.717) is 35.2 Å². The second-order valence-corrected chi connectivity index (χ2v) is 4.53. The zero-order valence-corrected chi connectivity index (χ0v) is 11.5. The summed E-state index contributed by atoms with van der Waals surface area (Å²) in [5.41, 5.74) is 6.35. The van der Waals surface area contributed by atoms with Crippen LogP contribution in [-0.2, 0) is 22.0 Å². The van der Waals surface area contributed by atoms with Crippen LogP contribution in [0, 0.1) is 0 Å². The van der Waals surface area contributed by atoms with Crippen LogP contribution in [0.15, 0.2) is 12.3 Å². The molecule has 2 heterocycles. The summed E-state index contributed by atoms with van der Waals surface area (Å²) >= 11 is 11.7. The highest BCUT2D eigenvalue weighted by Gasteiger charge is 2.11. The van der Waals surface area contributed by atoms with Gasteiger partial charge in [-0.25, -0.2) is 9.97 Å². The van der Waals surface area contributed by atoms with E-state index < -0.39 is 5.91 Å². The molecule has 0 saturated carbocycles. The van der Waals surface area contributed by atoms with Gasteiger partial charge in [0, 0.05) is 12.7 Å². The number of halogens is 2. The number of nitrogens with two attached hydrogens (primary N) is 1. The van der Waals surface area contributed by atoms with Gasteiger partial charge in [-0.3, -0.25) is 4.79 Å². The maximum Gasteiger partial charge on any atom is 0.243 e. The number of alkyl halides is 1. The molecule has 2 N–H and O–H groups in total. The van der Waals surface area contributed by atoms with Crippen molar-refractivity contribution in [3.8, 4) is 0 Å². The van der Waals surface area contributed by atoms with Crippen LogP contribution in [-0.4, -0.2) is 33.7 Å². The Kier molecular flexibility index (Phi) is 4.57. The van der Waals surface area contributed by atoms with Crippen molar-refractivity contribution in [2.45, 2.75) is 12.4 Å². The summed E-state index contributed by atoms with van der Waals surface area (Å²) in [5, 5.41) is 0.517. The highest BCUT2D eigenvalue weighted by atomic mass is 35.5. The first-order valence-corrected chi connectivity index (χ1v) is 6.45. The number of hydrogen-bond donors (Lipinski definition) is 1. The minimum Gasteiger partial charge on any atom is -0.370 e. The molecule has 0 atom stereocenters. The molecule has 0 bridgehead atoms. The number of imidazole rings is 1. The van der Waals surface area contributed by atoms with Crippen molar-refractivity contribution >= 4 is 40.3 Å². The van der Waals surface area contributed by atoms with Crippen molar-refractivity contribution in [2.75, 3.05) is 13.2 Å². The number of ether oxygens (including phenoxy) is 1. The number of hydrogen-bond acceptors (Lipinski definition) is 4. The number of nitrogens with zero attached hydrogens (tertiary/aromatic N) is 3. The highest BCUT2D eigenvalue weighted by Crippen LogP contribution is 2.19. The van der Waals surface area contributed by atoms with E-state index in [4.69, 9.17) is 33.7 Å². The molecule has 0 fully saturated rings. The van der Waals surface area contributed by atoms with Crippen LogP contribution in [0.2, 0.25) is 5.02 Å². The number of aromatic nitrogens is 3. The monoisotopic (exact) mass is 302 g/mol. The second kappa shape index (κ2) is 6.18. The highest BCUT2D eigenvalue weighted by molar-refractivity contribution is 6.31. The summed E-state index contributed by atoms with van der Waals surface area (Å²) in [7, 11) is 0. The molecule has 19 heavy (non-hydrogen) atoms. The van der Waals surface area contributed by atoms with Crippen molar-refractivity contribution in [3.63, 3.8) is 0 Å². The van der Waals surface area contributed by atoms with Gasteiger partial charge >= 0.3 is 0 Å². The number of amides is 1. The first kappa shape index (κ1) is 14.0. The van der Waals surface area contributed by atoms with E-state index in [0.717, 1.165) is 0 Å². The standard InChI is InChI=1S/C11H12Cl2N4O2/c12-4-10-16-8-3-7(13)5-15-11(8)17(10)1-2-19-6-9(14)18/h3,5H,1-2,4,6H2,(H2,14,18).